The van der Waals surface area contributed by atoms with E-state index in [1.807, 2.05) is 0 Å². The predicted octanol–water partition coefficient (Wildman–Crippen LogP) is 3.02. The quantitative estimate of drug-likeness (QED) is 0.727. The number of sulfone groups is 1. The number of nitrogens with zero attached hydrogens (tertiary/aromatic N) is 1. The third kappa shape index (κ3) is 4.53. The number of benzene rings is 1. The molecule has 138 valence electrons. The molecule has 0 spiro atoms. The fraction of sp³-hybridized carbons (Fsp3) is 0.588. The zero-order valence-electron chi connectivity index (χ0n) is 13.8. The molecule has 1 saturated heterocycles. The van der Waals surface area contributed by atoms with E-state index in [4.69, 9.17) is 0 Å². The second-order valence-corrected chi connectivity index (χ2v) is 9.94. The van der Waals surface area contributed by atoms with Gasteiger partial charge in [0.2, 0.25) is 5.91 Å². The number of hydrogen-bond acceptors (Lipinski definition) is 4. The molecule has 1 atom stereocenters. The summed E-state index contributed by atoms with van der Waals surface area (Å²) in [6.45, 7) is 0. The summed E-state index contributed by atoms with van der Waals surface area (Å²) in [7, 11) is -3.07. The lowest BCUT2D eigenvalue weighted by molar-refractivity contribution is -0.132. The Labute approximate surface area is 150 Å². The van der Waals surface area contributed by atoms with Crippen LogP contribution in [0.4, 0.5) is 8.78 Å². The highest BCUT2D eigenvalue weighted by Gasteiger charge is 2.38. The van der Waals surface area contributed by atoms with Crippen LogP contribution in [0.25, 0.3) is 0 Å². The van der Waals surface area contributed by atoms with Crippen molar-refractivity contribution in [3.63, 3.8) is 0 Å². The molecule has 0 radical (unpaired) electrons. The van der Waals surface area contributed by atoms with Gasteiger partial charge in [-0.25, -0.2) is 17.2 Å². The summed E-state index contributed by atoms with van der Waals surface area (Å²) in [6.07, 6.45) is 4.38. The first-order valence-corrected chi connectivity index (χ1v) is 11.3. The van der Waals surface area contributed by atoms with Crippen LogP contribution in [0.3, 0.4) is 0 Å². The zero-order valence-corrected chi connectivity index (χ0v) is 15.4. The summed E-state index contributed by atoms with van der Waals surface area (Å²) in [6, 6.07) is 3.40. The van der Waals surface area contributed by atoms with Gasteiger partial charge in [-0.15, -0.1) is 11.8 Å². The highest BCUT2D eigenvalue weighted by molar-refractivity contribution is 8.00. The van der Waals surface area contributed by atoms with Crippen LogP contribution in [0.5, 0.6) is 0 Å². The van der Waals surface area contributed by atoms with Gasteiger partial charge < -0.3 is 4.90 Å². The molecule has 1 aromatic rings. The number of thioether (sulfide) groups is 1. The first-order chi connectivity index (χ1) is 11.9. The van der Waals surface area contributed by atoms with E-state index in [0.717, 1.165) is 49.6 Å². The highest BCUT2D eigenvalue weighted by atomic mass is 32.2. The van der Waals surface area contributed by atoms with E-state index >= 15 is 0 Å². The van der Waals surface area contributed by atoms with E-state index < -0.39 is 21.5 Å². The largest absolute Gasteiger partial charge is 0.335 e. The molecule has 1 aliphatic carbocycles. The van der Waals surface area contributed by atoms with Gasteiger partial charge in [-0.3, -0.25) is 4.79 Å². The Kier molecular flexibility index (Phi) is 5.68. The lowest BCUT2D eigenvalue weighted by Crippen LogP contribution is -2.47. The molecule has 1 amide bonds. The Balaban J connectivity index is 1.69. The normalized spacial score (nSPS) is 23.0. The first kappa shape index (κ1) is 18.6. The van der Waals surface area contributed by atoms with E-state index in [-0.39, 0.29) is 35.2 Å². The maximum atomic E-state index is 13.3. The van der Waals surface area contributed by atoms with Crippen molar-refractivity contribution in [3.05, 3.63) is 29.8 Å². The fourth-order valence-electron chi connectivity index (χ4n) is 3.67. The molecule has 1 heterocycles. The van der Waals surface area contributed by atoms with Gasteiger partial charge in [0.1, 0.15) is 0 Å². The number of rotatable bonds is 5. The lowest BCUT2D eigenvalue weighted by atomic mass is 10.1. The summed E-state index contributed by atoms with van der Waals surface area (Å²) in [5.41, 5.74) is 0. The van der Waals surface area contributed by atoms with Gasteiger partial charge in [0.05, 0.1) is 17.3 Å². The summed E-state index contributed by atoms with van der Waals surface area (Å²) in [5.74, 6) is -1.72. The Hall–Kier alpha value is -1.15. The molecule has 25 heavy (non-hydrogen) atoms. The van der Waals surface area contributed by atoms with Crippen LogP contribution in [0, 0.1) is 11.6 Å². The fourth-order valence-corrected chi connectivity index (χ4v) is 6.17. The van der Waals surface area contributed by atoms with Crippen LogP contribution in [0.2, 0.25) is 0 Å². The third-order valence-corrected chi connectivity index (χ3v) is 7.59. The van der Waals surface area contributed by atoms with E-state index in [1.165, 1.54) is 6.07 Å². The van der Waals surface area contributed by atoms with Gasteiger partial charge in [-0.05, 0) is 37.5 Å². The van der Waals surface area contributed by atoms with E-state index in [2.05, 4.69) is 0 Å². The van der Waals surface area contributed by atoms with Crippen LogP contribution in [0.1, 0.15) is 32.1 Å². The van der Waals surface area contributed by atoms with Crippen LogP contribution in [-0.2, 0) is 14.6 Å². The van der Waals surface area contributed by atoms with Crippen LogP contribution >= 0.6 is 11.8 Å². The maximum Gasteiger partial charge on any atom is 0.233 e. The van der Waals surface area contributed by atoms with Crippen molar-refractivity contribution in [2.24, 2.45) is 0 Å². The Morgan fingerprint density at radius 2 is 1.84 bits per heavy atom. The molecule has 0 aromatic heterocycles. The summed E-state index contributed by atoms with van der Waals surface area (Å²) in [4.78, 5) is 15.0. The number of amides is 1. The average Bonchev–Trinajstić information content (AvgIpc) is 3.19. The smallest absolute Gasteiger partial charge is 0.233 e. The van der Waals surface area contributed by atoms with Gasteiger partial charge >= 0.3 is 0 Å². The van der Waals surface area contributed by atoms with Crippen LogP contribution in [-0.4, -0.2) is 48.6 Å². The molecule has 2 fully saturated rings. The molecule has 4 nitrogen and oxygen atoms in total. The molecule has 3 rings (SSSR count). The molecule has 0 N–H and O–H groups in total. The minimum absolute atomic E-state index is 0.0328. The summed E-state index contributed by atoms with van der Waals surface area (Å²) >= 11 is 1.15. The standard InChI is InChI=1S/C17H21F2NO3S2/c18-15-6-5-14(9-16(15)19)24-10-17(21)20(12-3-1-2-4-12)13-7-8-25(22,23)11-13/h5-6,9,12-13H,1-4,7-8,10-11H2. The summed E-state index contributed by atoms with van der Waals surface area (Å²) in [5, 5.41) is 0. The van der Waals surface area contributed by atoms with Crippen molar-refractivity contribution in [2.75, 3.05) is 17.3 Å². The van der Waals surface area contributed by atoms with Gasteiger partial charge in [0, 0.05) is 17.0 Å². The molecule has 1 saturated carbocycles. The van der Waals surface area contributed by atoms with Crippen molar-refractivity contribution in [3.8, 4) is 0 Å². The van der Waals surface area contributed by atoms with Crippen molar-refractivity contribution in [1.29, 1.82) is 0 Å². The molecule has 0 bridgehead atoms. The minimum atomic E-state index is -3.07. The first-order valence-electron chi connectivity index (χ1n) is 8.45. The maximum absolute atomic E-state index is 13.3. The van der Waals surface area contributed by atoms with Crippen LogP contribution in [0.15, 0.2) is 23.1 Å². The number of carbonyl (C=O) groups excluding carboxylic acids is 1. The molecule has 1 aliphatic heterocycles. The Bertz CT molecular complexity index is 748. The number of halogens is 2. The van der Waals surface area contributed by atoms with E-state index in [0.29, 0.717) is 11.3 Å². The van der Waals surface area contributed by atoms with Crippen molar-refractivity contribution >= 4 is 27.5 Å². The highest BCUT2D eigenvalue weighted by Crippen LogP contribution is 2.30. The van der Waals surface area contributed by atoms with Gasteiger partial charge in [0.15, 0.2) is 21.5 Å². The number of carbonyl (C=O) groups is 1. The van der Waals surface area contributed by atoms with E-state index in [1.54, 1.807) is 4.90 Å². The van der Waals surface area contributed by atoms with Gasteiger partial charge in [-0.2, -0.15) is 0 Å². The van der Waals surface area contributed by atoms with Gasteiger partial charge in [0.25, 0.3) is 0 Å². The zero-order chi connectivity index (χ0) is 18.0. The monoisotopic (exact) mass is 389 g/mol. The van der Waals surface area contributed by atoms with Crippen molar-refractivity contribution in [2.45, 2.75) is 49.1 Å². The van der Waals surface area contributed by atoms with Crippen molar-refractivity contribution in [1.82, 2.24) is 4.90 Å². The molecule has 1 aromatic carbocycles. The minimum Gasteiger partial charge on any atom is -0.335 e. The molecule has 1 unspecified atom stereocenters. The Morgan fingerprint density at radius 1 is 1.12 bits per heavy atom. The van der Waals surface area contributed by atoms with Crippen LogP contribution < -0.4 is 0 Å². The Morgan fingerprint density at radius 3 is 2.44 bits per heavy atom. The average molecular weight is 389 g/mol. The molecule has 2 aliphatic rings. The topological polar surface area (TPSA) is 54.5 Å². The molecular weight excluding hydrogens is 368 g/mol. The lowest BCUT2D eigenvalue weighted by Gasteiger charge is -2.34. The second kappa shape index (κ2) is 7.61. The van der Waals surface area contributed by atoms with Gasteiger partial charge in [-0.1, -0.05) is 12.8 Å². The predicted molar refractivity (Wildman–Crippen MR) is 93.2 cm³/mol. The summed E-state index contributed by atoms with van der Waals surface area (Å²) < 4.78 is 49.9. The van der Waals surface area contributed by atoms with E-state index in [9.17, 15) is 22.0 Å². The van der Waals surface area contributed by atoms with Crippen molar-refractivity contribution < 1.29 is 22.0 Å². The second-order valence-electron chi connectivity index (χ2n) is 6.66. The molecular formula is C17H21F2NO3S2. The molecule has 8 heteroatoms. The number of hydrogen-bond donors (Lipinski definition) is 0. The SMILES string of the molecule is O=C(CSc1ccc(F)c(F)c1)N(C1CCCC1)C1CCS(=O)(=O)C1. The third-order valence-electron chi connectivity index (χ3n) is 4.86.